The van der Waals surface area contributed by atoms with E-state index in [0.29, 0.717) is 12.0 Å². The maximum Gasteiger partial charge on any atom is 0.170 e. The maximum absolute atomic E-state index is 9.68. The van der Waals surface area contributed by atoms with E-state index in [9.17, 15) is 5.26 Å². The molecule has 0 spiro atoms. The van der Waals surface area contributed by atoms with Crippen LogP contribution >= 0.6 is 23.3 Å². The summed E-state index contributed by atoms with van der Waals surface area (Å²) in [5.41, 5.74) is -0.253. The predicted octanol–water partition coefficient (Wildman–Crippen LogP) is 3.40. The van der Waals surface area contributed by atoms with Gasteiger partial charge in [-0.3, -0.25) is 5.32 Å². The molecule has 0 amide bonds. The second-order valence-corrected chi connectivity index (χ2v) is 8.15. The van der Waals surface area contributed by atoms with Crippen LogP contribution in [0.1, 0.15) is 51.3 Å². The Balaban J connectivity index is 1.52. The minimum Gasteiger partial charge on any atom is -0.296 e. The van der Waals surface area contributed by atoms with Crippen LogP contribution in [-0.2, 0) is 6.42 Å². The molecule has 2 aliphatic carbocycles. The quantitative estimate of drug-likeness (QED) is 0.780. The third-order valence-corrected chi connectivity index (χ3v) is 6.42. The van der Waals surface area contributed by atoms with Crippen LogP contribution in [0.15, 0.2) is 4.34 Å². The van der Waals surface area contributed by atoms with Crippen molar-refractivity contribution in [3.63, 3.8) is 0 Å². The van der Waals surface area contributed by atoms with Crippen LogP contribution in [0, 0.1) is 17.2 Å². The molecule has 0 saturated heterocycles. The van der Waals surface area contributed by atoms with Gasteiger partial charge in [-0.15, -0.1) is 0 Å². The molecule has 2 fully saturated rings. The molecular formula is C15H22N4S2. The minimum atomic E-state index is -0.253. The lowest BCUT2D eigenvalue weighted by Gasteiger charge is -2.30. The summed E-state index contributed by atoms with van der Waals surface area (Å²) in [5.74, 6) is 2.48. The molecule has 0 radical (unpaired) electrons. The summed E-state index contributed by atoms with van der Waals surface area (Å²) in [5, 5.41) is 13.3. The first-order valence-corrected chi connectivity index (χ1v) is 9.66. The van der Waals surface area contributed by atoms with Gasteiger partial charge in [0.25, 0.3) is 0 Å². The van der Waals surface area contributed by atoms with Gasteiger partial charge in [0, 0.05) is 18.2 Å². The summed E-state index contributed by atoms with van der Waals surface area (Å²) in [4.78, 5) is 4.50. The highest BCUT2D eigenvalue weighted by atomic mass is 32.2. The number of nitrogens with zero attached hydrogens (tertiary/aromatic N) is 3. The lowest BCUT2D eigenvalue weighted by molar-refractivity contribution is 0.308. The van der Waals surface area contributed by atoms with Gasteiger partial charge in [-0.2, -0.15) is 9.64 Å². The van der Waals surface area contributed by atoms with E-state index in [1.165, 1.54) is 37.2 Å². The molecule has 6 heteroatoms. The number of rotatable bonds is 7. The summed E-state index contributed by atoms with van der Waals surface area (Å²) in [6.45, 7) is 2.08. The molecule has 1 aromatic rings. The lowest BCUT2D eigenvalue weighted by Crippen LogP contribution is -2.48. The van der Waals surface area contributed by atoms with Crippen molar-refractivity contribution in [3.8, 4) is 6.07 Å². The molecule has 0 bridgehead atoms. The summed E-state index contributed by atoms with van der Waals surface area (Å²) < 4.78 is 5.39. The smallest absolute Gasteiger partial charge is 0.170 e. The minimum absolute atomic E-state index is 0.253. The topological polar surface area (TPSA) is 61.6 Å². The molecule has 2 aliphatic rings. The van der Waals surface area contributed by atoms with Gasteiger partial charge in [-0.25, -0.2) is 4.98 Å². The summed E-state index contributed by atoms with van der Waals surface area (Å²) in [7, 11) is 0. The zero-order valence-electron chi connectivity index (χ0n) is 12.5. The van der Waals surface area contributed by atoms with E-state index in [1.54, 1.807) is 11.8 Å². The molecule has 0 aliphatic heterocycles. The fraction of sp³-hybridized carbons (Fsp3) is 0.800. The highest BCUT2D eigenvalue weighted by molar-refractivity contribution is 8.00. The summed E-state index contributed by atoms with van der Waals surface area (Å²) in [6.07, 6.45) is 7.88. The van der Waals surface area contributed by atoms with Crippen LogP contribution in [0.5, 0.6) is 0 Å². The van der Waals surface area contributed by atoms with Crippen molar-refractivity contribution in [1.82, 2.24) is 14.7 Å². The number of nitrogens with one attached hydrogen (secondary N) is 1. The molecule has 1 heterocycles. The van der Waals surface area contributed by atoms with E-state index in [4.69, 9.17) is 0 Å². The number of nitriles is 1. The zero-order valence-corrected chi connectivity index (χ0v) is 14.1. The van der Waals surface area contributed by atoms with E-state index in [1.807, 2.05) is 0 Å². The Bertz CT molecular complexity index is 520. The molecule has 2 atom stereocenters. The van der Waals surface area contributed by atoms with E-state index in [0.717, 1.165) is 35.2 Å². The monoisotopic (exact) mass is 322 g/mol. The number of aryl methyl sites for hydroxylation is 1. The third-order valence-electron chi connectivity index (χ3n) is 4.52. The van der Waals surface area contributed by atoms with Crippen molar-refractivity contribution in [3.05, 3.63) is 5.82 Å². The van der Waals surface area contributed by atoms with E-state index >= 15 is 0 Å². The average Bonchev–Trinajstić information content (AvgIpc) is 3.04. The highest BCUT2D eigenvalue weighted by Crippen LogP contribution is 2.41. The van der Waals surface area contributed by atoms with Crippen LogP contribution < -0.4 is 5.32 Å². The van der Waals surface area contributed by atoms with Gasteiger partial charge in [0.05, 0.1) is 6.07 Å². The van der Waals surface area contributed by atoms with E-state index < -0.39 is 0 Å². The third kappa shape index (κ3) is 3.58. The average molecular weight is 323 g/mol. The Hall–Kier alpha value is -0.640. The molecule has 0 aromatic carbocycles. The number of thioether (sulfide) groups is 1. The van der Waals surface area contributed by atoms with Crippen molar-refractivity contribution >= 4 is 23.3 Å². The number of hydrogen-bond donors (Lipinski definition) is 1. The van der Waals surface area contributed by atoms with Crippen molar-refractivity contribution < 1.29 is 0 Å². The molecule has 2 saturated carbocycles. The van der Waals surface area contributed by atoms with E-state index in [2.05, 4.69) is 27.7 Å². The normalized spacial score (nSPS) is 28.7. The Morgan fingerprint density at radius 3 is 3.00 bits per heavy atom. The Kier molecular flexibility index (Phi) is 4.82. The van der Waals surface area contributed by atoms with Gasteiger partial charge in [-0.1, -0.05) is 25.1 Å². The van der Waals surface area contributed by atoms with Crippen molar-refractivity contribution in [1.29, 1.82) is 5.26 Å². The highest BCUT2D eigenvalue weighted by Gasteiger charge is 2.45. The van der Waals surface area contributed by atoms with Crippen molar-refractivity contribution in [2.75, 3.05) is 5.75 Å². The van der Waals surface area contributed by atoms with Gasteiger partial charge < -0.3 is 0 Å². The molecule has 1 N–H and O–H groups in total. The van der Waals surface area contributed by atoms with Crippen LogP contribution in [0.3, 0.4) is 0 Å². The molecule has 21 heavy (non-hydrogen) atoms. The molecule has 2 unspecified atom stereocenters. The van der Waals surface area contributed by atoms with Crippen LogP contribution in [-0.4, -0.2) is 26.7 Å². The standard InChI is InChI=1S/C15H22N4S2/c1-2-13-17-14(21-19-13)20-9-7-11-4-3-8-15(11,10-16)18-12-5-6-12/h11-12,18H,2-9H2,1H3. The zero-order chi connectivity index (χ0) is 14.7. The number of aromatic nitrogens is 2. The van der Waals surface area contributed by atoms with Gasteiger partial charge in [-0.05, 0) is 49.6 Å². The molecule has 3 rings (SSSR count). The van der Waals surface area contributed by atoms with Crippen LogP contribution in [0.4, 0.5) is 0 Å². The first-order chi connectivity index (χ1) is 10.3. The molecule has 1 aromatic heterocycles. The Morgan fingerprint density at radius 1 is 1.48 bits per heavy atom. The molecule has 114 valence electrons. The van der Waals surface area contributed by atoms with Crippen molar-refractivity contribution in [2.45, 2.75) is 67.8 Å². The van der Waals surface area contributed by atoms with Gasteiger partial charge in [0.2, 0.25) is 0 Å². The van der Waals surface area contributed by atoms with Gasteiger partial charge >= 0.3 is 0 Å². The van der Waals surface area contributed by atoms with Gasteiger partial charge in [0.15, 0.2) is 4.34 Å². The lowest BCUT2D eigenvalue weighted by atomic mass is 9.86. The maximum atomic E-state index is 9.68. The van der Waals surface area contributed by atoms with E-state index in [-0.39, 0.29) is 5.54 Å². The first-order valence-electron chi connectivity index (χ1n) is 7.90. The Morgan fingerprint density at radius 2 is 2.33 bits per heavy atom. The van der Waals surface area contributed by atoms with Crippen LogP contribution in [0.2, 0.25) is 0 Å². The predicted molar refractivity (Wildman–Crippen MR) is 86.5 cm³/mol. The fourth-order valence-corrected chi connectivity index (χ4v) is 4.98. The van der Waals surface area contributed by atoms with Gasteiger partial charge in [0.1, 0.15) is 11.4 Å². The largest absolute Gasteiger partial charge is 0.296 e. The van der Waals surface area contributed by atoms with Crippen molar-refractivity contribution in [2.24, 2.45) is 5.92 Å². The summed E-state index contributed by atoms with van der Waals surface area (Å²) >= 11 is 3.30. The summed E-state index contributed by atoms with van der Waals surface area (Å²) in [6, 6.07) is 3.22. The van der Waals surface area contributed by atoms with Crippen LogP contribution in [0.25, 0.3) is 0 Å². The SMILES string of the molecule is CCc1nsc(SCCC2CCCC2(C#N)NC2CC2)n1. The second-order valence-electron chi connectivity index (χ2n) is 6.06. The molecular weight excluding hydrogens is 300 g/mol. The Labute approximate surface area is 134 Å². The first kappa shape index (κ1) is 15.3. The number of hydrogen-bond acceptors (Lipinski definition) is 6. The molecule has 4 nitrogen and oxygen atoms in total. The second kappa shape index (κ2) is 6.64. The fourth-order valence-electron chi connectivity index (χ4n) is 3.16.